The number of carbonyl (C=O) groups excluding carboxylic acids is 2. The summed E-state index contributed by atoms with van der Waals surface area (Å²) in [6, 6.07) is 14.1. The third kappa shape index (κ3) is 9.41. The van der Waals surface area contributed by atoms with E-state index in [2.05, 4.69) is 62.8 Å². The highest BCUT2D eigenvalue weighted by Gasteiger charge is 2.44. The van der Waals surface area contributed by atoms with Crippen LogP contribution in [0.25, 0.3) is 22.1 Å². The minimum absolute atomic E-state index is 0.0277. The average molecular weight is 815 g/mol. The summed E-state index contributed by atoms with van der Waals surface area (Å²) in [6.45, 7) is 13.6. The molecule has 0 saturated heterocycles. The number of unbranched alkanes of at least 4 members (excludes halogenated alkanes) is 9. The summed E-state index contributed by atoms with van der Waals surface area (Å²) in [5, 5.41) is 10.5. The molecule has 4 aromatic rings. The molecular weight excluding hydrogens is 749 g/mol. The van der Waals surface area contributed by atoms with E-state index in [9.17, 15) is 14.7 Å². The largest absolute Gasteiger partial charge is 0.494 e. The van der Waals surface area contributed by atoms with Gasteiger partial charge in [-0.15, -0.1) is 0 Å². The first kappa shape index (κ1) is 43.3. The zero-order valence-corrected chi connectivity index (χ0v) is 36.8. The molecular formula is C51H66N4O5. The molecule has 9 nitrogen and oxygen atoms in total. The van der Waals surface area contributed by atoms with Gasteiger partial charge in [0.2, 0.25) is 0 Å². The number of ketones is 1. The lowest BCUT2D eigenvalue weighted by molar-refractivity contribution is -0.145. The van der Waals surface area contributed by atoms with Gasteiger partial charge in [0.05, 0.1) is 24.8 Å². The summed E-state index contributed by atoms with van der Waals surface area (Å²) in [7, 11) is 0. The Bertz CT molecular complexity index is 2320. The predicted molar refractivity (Wildman–Crippen MR) is 240 cm³/mol. The molecule has 5 heterocycles. The Morgan fingerprint density at radius 2 is 1.37 bits per heavy atom. The van der Waals surface area contributed by atoms with Gasteiger partial charge in [-0.05, 0) is 85.7 Å². The lowest BCUT2D eigenvalue weighted by atomic mass is 9.85. The quantitative estimate of drug-likeness (QED) is 0.0634. The third-order valence-corrected chi connectivity index (χ3v) is 13.5. The maximum Gasteiger partial charge on any atom is 0.306 e. The zero-order valence-electron chi connectivity index (χ0n) is 36.8. The number of carbonyl (C=O) groups is 2. The highest BCUT2D eigenvalue weighted by molar-refractivity contribution is 5.94. The minimum Gasteiger partial charge on any atom is -0.494 e. The Labute approximate surface area is 356 Å². The van der Waals surface area contributed by atoms with E-state index in [0.717, 1.165) is 91.3 Å². The van der Waals surface area contributed by atoms with Gasteiger partial charge in [-0.1, -0.05) is 97.6 Å². The van der Waals surface area contributed by atoms with Gasteiger partial charge in [0, 0.05) is 80.9 Å². The topological polar surface area (TPSA) is 130 Å². The minimum atomic E-state index is -0.304. The van der Waals surface area contributed by atoms with E-state index in [1.807, 2.05) is 31.2 Å². The molecule has 320 valence electrons. The highest BCUT2D eigenvalue weighted by Crippen LogP contribution is 2.48. The first-order chi connectivity index (χ1) is 29.1. The summed E-state index contributed by atoms with van der Waals surface area (Å²) >= 11 is 0. The van der Waals surface area contributed by atoms with E-state index >= 15 is 0 Å². The second-order valence-corrected chi connectivity index (χ2v) is 17.6. The van der Waals surface area contributed by atoms with Crippen molar-refractivity contribution < 1.29 is 24.2 Å². The molecule has 9 heteroatoms. The van der Waals surface area contributed by atoms with Crippen molar-refractivity contribution in [2.45, 2.75) is 168 Å². The summed E-state index contributed by atoms with van der Waals surface area (Å²) in [5.74, 6) is 0.251. The van der Waals surface area contributed by atoms with Gasteiger partial charge in [-0.2, -0.15) is 0 Å². The number of aliphatic hydroxyl groups is 1. The lowest BCUT2D eigenvalue weighted by Gasteiger charge is -2.17. The van der Waals surface area contributed by atoms with Crippen LogP contribution in [0.15, 0.2) is 42.5 Å². The average Bonchev–Trinajstić information content (AvgIpc) is 4.00. The van der Waals surface area contributed by atoms with Crippen LogP contribution in [0.5, 0.6) is 5.75 Å². The number of nitrogens with one attached hydrogen (secondary N) is 2. The first-order valence-electron chi connectivity index (χ1n) is 22.9. The van der Waals surface area contributed by atoms with E-state index in [1.54, 1.807) is 0 Å². The van der Waals surface area contributed by atoms with Crippen molar-refractivity contribution in [3.63, 3.8) is 0 Å². The molecule has 3 aromatic heterocycles. The van der Waals surface area contributed by atoms with Gasteiger partial charge < -0.3 is 24.5 Å². The Morgan fingerprint density at radius 3 is 2.05 bits per heavy atom. The number of ether oxygens (including phenoxy) is 2. The van der Waals surface area contributed by atoms with Crippen molar-refractivity contribution >= 4 is 33.8 Å². The van der Waals surface area contributed by atoms with E-state index in [0.29, 0.717) is 19.4 Å². The third-order valence-electron chi connectivity index (χ3n) is 13.5. The number of esters is 1. The fourth-order valence-corrected chi connectivity index (χ4v) is 9.74. The number of H-pyrrole nitrogens is 2. The SMILES string of the molecule is CCCCCCCCCCCCOc1ccc(COC(=O)CC[C@@H]2c3nc(cc4[nH]c(cc5[nH]c(cc6nc7c3CC(=O)C7C6C)c(CC)c5C)c(CO)c4C)[C@H]2C)cc1. The molecule has 8 bridgehead atoms. The van der Waals surface area contributed by atoms with Crippen molar-refractivity contribution in [3.05, 3.63) is 98.6 Å². The van der Waals surface area contributed by atoms with Crippen LogP contribution in [0.2, 0.25) is 0 Å². The predicted octanol–water partition coefficient (Wildman–Crippen LogP) is 11.7. The lowest BCUT2D eigenvalue weighted by Crippen LogP contribution is -2.11. The van der Waals surface area contributed by atoms with Gasteiger partial charge in [0.15, 0.2) is 0 Å². The van der Waals surface area contributed by atoms with Crippen LogP contribution in [0.3, 0.4) is 0 Å². The Morgan fingerprint density at radius 1 is 0.767 bits per heavy atom. The maximum absolute atomic E-state index is 13.8. The van der Waals surface area contributed by atoms with Crippen molar-refractivity contribution in [2.24, 2.45) is 0 Å². The molecule has 2 unspecified atom stereocenters. The molecule has 4 atom stereocenters. The van der Waals surface area contributed by atoms with E-state index < -0.39 is 0 Å². The number of Topliss-reactive ketones (excluding diaryl/α,β-unsaturated/α-hetero) is 1. The molecule has 3 aliphatic rings. The van der Waals surface area contributed by atoms with Crippen molar-refractivity contribution in [3.8, 4) is 5.75 Å². The number of aromatic nitrogens is 4. The Kier molecular flexibility index (Phi) is 14.3. The number of hydrogen-bond acceptors (Lipinski definition) is 7. The van der Waals surface area contributed by atoms with Crippen molar-refractivity contribution in [1.29, 1.82) is 0 Å². The molecule has 1 aromatic carbocycles. The molecule has 3 N–H and O–H groups in total. The summed E-state index contributed by atoms with van der Waals surface area (Å²) in [5.41, 5.74) is 13.2. The summed E-state index contributed by atoms with van der Waals surface area (Å²) < 4.78 is 11.8. The van der Waals surface area contributed by atoms with Crippen LogP contribution in [-0.4, -0.2) is 43.4 Å². The van der Waals surface area contributed by atoms with Crippen LogP contribution in [0.1, 0.15) is 185 Å². The molecule has 7 rings (SSSR count). The van der Waals surface area contributed by atoms with Crippen molar-refractivity contribution in [1.82, 2.24) is 19.9 Å². The van der Waals surface area contributed by atoms with Gasteiger partial charge in [-0.25, -0.2) is 0 Å². The molecule has 0 amide bonds. The number of aliphatic hydroxyl groups excluding tert-OH is 1. The fraction of sp³-hybridized carbons (Fsp3) is 0.529. The van der Waals surface area contributed by atoms with Crippen LogP contribution < -0.4 is 4.74 Å². The second-order valence-electron chi connectivity index (χ2n) is 17.6. The molecule has 0 spiro atoms. The highest BCUT2D eigenvalue weighted by atomic mass is 16.5. The van der Waals surface area contributed by atoms with Gasteiger partial charge in [0.1, 0.15) is 18.1 Å². The number of rotatable bonds is 19. The number of aromatic amines is 2. The van der Waals surface area contributed by atoms with E-state index in [4.69, 9.17) is 19.4 Å². The summed E-state index contributed by atoms with van der Waals surface area (Å²) in [4.78, 5) is 44.8. The molecule has 0 radical (unpaired) electrons. The number of fused-ring (bicyclic) bond motifs is 8. The Hall–Kier alpha value is -4.76. The Balaban J connectivity index is 1.06. The monoisotopic (exact) mass is 815 g/mol. The van der Waals surface area contributed by atoms with Crippen LogP contribution >= 0.6 is 0 Å². The summed E-state index contributed by atoms with van der Waals surface area (Å²) in [6.07, 6.45) is 14.9. The number of benzene rings is 1. The van der Waals surface area contributed by atoms with Crippen LogP contribution in [0.4, 0.5) is 0 Å². The van der Waals surface area contributed by atoms with Gasteiger partial charge >= 0.3 is 5.97 Å². The number of hydrogen-bond donors (Lipinski definition) is 3. The molecule has 1 aliphatic carbocycles. The fourth-order valence-electron chi connectivity index (χ4n) is 9.74. The first-order valence-corrected chi connectivity index (χ1v) is 22.9. The standard InChI is InChI=1S/C51H66N4O5/c1-7-9-10-11-12-13-14-15-16-17-24-59-36-20-18-35(19-21-36)30-60-48(58)23-22-38-32(4)43-26-41-33(5)40(29-56)46(53-41)27-42-31(3)37(8-2)45(52-42)28-44-34(6)49-47(57)25-39(50(38)54-43)51(49)55-44/h18-21,26-28,32,34,38,49,52-53,56H,7-17,22-25,29-30H2,1-6H3/t32-,34?,38-,49?/m0/s1. The van der Waals surface area contributed by atoms with Gasteiger partial charge in [0.25, 0.3) is 0 Å². The second kappa shape index (κ2) is 19.7. The van der Waals surface area contributed by atoms with Crippen LogP contribution in [0, 0.1) is 13.8 Å². The molecule has 0 fully saturated rings. The molecule has 0 saturated carbocycles. The zero-order chi connectivity index (χ0) is 42.3. The number of nitrogens with zero attached hydrogens (tertiary/aromatic N) is 2. The molecule has 2 aliphatic heterocycles. The van der Waals surface area contributed by atoms with Crippen molar-refractivity contribution in [2.75, 3.05) is 6.61 Å². The number of aryl methyl sites for hydroxylation is 3. The van der Waals surface area contributed by atoms with Gasteiger partial charge in [-0.3, -0.25) is 19.6 Å². The van der Waals surface area contributed by atoms with E-state index in [-0.39, 0.29) is 55.1 Å². The van der Waals surface area contributed by atoms with Crippen LogP contribution in [-0.2, 0) is 40.4 Å². The molecule has 60 heavy (non-hydrogen) atoms. The van der Waals surface area contributed by atoms with E-state index in [1.165, 1.54) is 63.4 Å². The maximum atomic E-state index is 13.8. The smallest absolute Gasteiger partial charge is 0.306 e. The normalized spacial score (nSPS) is 18.4.